The van der Waals surface area contributed by atoms with Gasteiger partial charge in [-0.1, -0.05) is 185 Å². The Labute approximate surface area is 430 Å². The molecule has 0 aromatic heterocycles. The number of carbonyl (C=O) groups is 4. The van der Waals surface area contributed by atoms with E-state index in [2.05, 4.69) is 6.92 Å². The molecule has 2 saturated carbocycles. The molecule has 3 fully saturated rings. The van der Waals surface area contributed by atoms with Crippen LogP contribution < -0.4 is 0 Å². The summed E-state index contributed by atoms with van der Waals surface area (Å²) in [6.45, 7) is 13.6. The van der Waals surface area contributed by atoms with Gasteiger partial charge in [0.05, 0.1) is 35.7 Å². The molecule has 2 aromatic carbocycles. The zero-order valence-corrected chi connectivity index (χ0v) is 44.8. The van der Waals surface area contributed by atoms with Crippen molar-refractivity contribution in [1.82, 2.24) is 0 Å². The molecule has 400 valence electrons. The van der Waals surface area contributed by atoms with Gasteiger partial charge in [-0.2, -0.15) is 0 Å². The molecule has 1 heterocycles. The molecule has 0 spiro atoms. The molecule has 72 heavy (non-hydrogen) atoms. The van der Waals surface area contributed by atoms with Crippen molar-refractivity contribution in [3.05, 3.63) is 82.9 Å². The molecule has 3 aliphatic carbocycles. The van der Waals surface area contributed by atoms with Crippen LogP contribution in [0.1, 0.15) is 206 Å². The van der Waals surface area contributed by atoms with Crippen molar-refractivity contribution in [3.63, 3.8) is 0 Å². The van der Waals surface area contributed by atoms with E-state index < -0.39 is 94.2 Å². The minimum absolute atomic E-state index is 0.0842. The van der Waals surface area contributed by atoms with E-state index in [9.17, 15) is 29.7 Å². The van der Waals surface area contributed by atoms with E-state index in [0.29, 0.717) is 5.57 Å². The zero-order valence-electron chi connectivity index (χ0n) is 44.8. The fraction of sp³-hybridized carbons (Fsp3) is 0.700. The van der Waals surface area contributed by atoms with Crippen LogP contribution in [0.5, 0.6) is 0 Å². The number of Topliss-reactive ketones (excluding diaryl/α,β-unsaturated/α-hetero) is 1. The predicted octanol–water partition coefficient (Wildman–Crippen LogP) is 11.3. The second-order valence-electron chi connectivity index (χ2n) is 22.6. The Bertz CT molecular complexity index is 2120. The normalized spacial score (nSPS) is 29.8. The van der Waals surface area contributed by atoms with E-state index in [0.717, 1.165) is 31.2 Å². The van der Waals surface area contributed by atoms with E-state index in [4.69, 9.17) is 23.7 Å². The lowest BCUT2D eigenvalue weighted by Crippen LogP contribution is -2.81. The molecule has 2 bridgehead atoms. The molecule has 1 aliphatic heterocycles. The fourth-order valence-corrected chi connectivity index (χ4v) is 12.8. The van der Waals surface area contributed by atoms with Crippen LogP contribution in [0.25, 0.3) is 0 Å². The van der Waals surface area contributed by atoms with E-state index in [-0.39, 0.29) is 36.7 Å². The van der Waals surface area contributed by atoms with Crippen molar-refractivity contribution < 1.29 is 58.2 Å². The first-order valence-corrected chi connectivity index (χ1v) is 27.7. The number of esters is 3. The molecular formula is C60H88O12. The summed E-state index contributed by atoms with van der Waals surface area (Å²) in [6, 6.07) is 17.8. The van der Waals surface area contributed by atoms with Crippen molar-refractivity contribution in [2.24, 2.45) is 16.7 Å². The Hall–Kier alpha value is -3.94. The van der Waals surface area contributed by atoms with Gasteiger partial charge in [-0.15, -0.1) is 0 Å². The summed E-state index contributed by atoms with van der Waals surface area (Å²) in [5.74, 6) is -4.93. The van der Waals surface area contributed by atoms with Gasteiger partial charge in [0.15, 0.2) is 17.5 Å². The highest BCUT2D eigenvalue weighted by molar-refractivity contribution is 5.94. The molecule has 0 radical (unpaired) electrons. The van der Waals surface area contributed by atoms with Crippen LogP contribution in [-0.4, -0.2) is 99.5 Å². The number of unbranched alkanes of at least 4 members (excludes halogenated alkanes) is 16. The quantitative estimate of drug-likeness (QED) is 0.0335. The Morgan fingerprint density at radius 1 is 0.764 bits per heavy atom. The van der Waals surface area contributed by atoms with Crippen LogP contribution >= 0.6 is 0 Å². The monoisotopic (exact) mass is 1000 g/mol. The Morgan fingerprint density at radius 2 is 1.29 bits per heavy atom. The van der Waals surface area contributed by atoms with Crippen LogP contribution in [0.4, 0.5) is 0 Å². The topological polar surface area (TPSA) is 175 Å². The molecule has 12 heteroatoms. The van der Waals surface area contributed by atoms with Crippen LogP contribution in [-0.2, 0) is 38.1 Å². The van der Waals surface area contributed by atoms with Crippen molar-refractivity contribution in [2.75, 3.05) is 6.61 Å². The van der Waals surface area contributed by atoms with Gasteiger partial charge >= 0.3 is 17.9 Å². The minimum atomic E-state index is -2.23. The maximum atomic E-state index is 15.2. The van der Waals surface area contributed by atoms with Gasteiger partial charge < -0.3 is 39.0 Å². The maximum Gasteiger partial charge on any atom is 0.338 e. The van der Waals surface area contributed by atoms with Crippen LogP contribution in [0.2, 0.25) is 0 Å². The second kappa shape index (κ2) is 25.5. The van der Waals surface area contributed by atoms with E-state index in [1.54, 1.807) is 51.1 Å². The smallest absolute Gasteiger partial charge is 0.338 e. The van der Waals surface area contributed by atoms with Crippen LogP contribution in [0.15, 0.2) is 71.8 Å². The van der Waals surface area contributed by atoms with Gasteiger partial charge in [-0.25, -0.2) is 9.59 Å². The number of carbonyl (C=O) groups excluding carboxylic acids is 4. The van der Waals surface area contributed by atoms with E-state index in [1.807, 2.05) is 44.2 Å². The number of hydrogen-bond donors (Lipinski definition) is 3. The Morgan fingerprint density at radius 3 is 1.81 bits per heavy atom. The number of benzene rings is 2. The first-order chi connectivity index (χ1) is 34.3. The molecule has 12 nitrogen and oxygen atoms in total. The minimum Gasteiger partial charge on any atom is -0.456 e. The summed E-state index contributed by atoms with van der Waals surface area (Å²) in [7, 11) is 0. The van der Waals surface area contributed by atoms with Crippen molar-refractivity contribution in [2.45, 2.75) is 244 Å². The molecular weight excluding hydrogens is 913 g/mol. The number of ether oxygens (including phenoxy) is 5. The highest BCUT2D eigenvalue weighted by atomic mass is 16.6. The highest BCUT2D eigenvalue weighted by Crippen LogP contribution is 2.64. The SMILES string of the molecule is CCCCCCCCCCCCCCCCCCCC(C)O[C@@H](C(=O)O[C@H]1C[C@@]2(O)[C@@H](OC(=O)c3ccccc3)[C@@H]3[C@]4(OC(C)=O)CO[C@@H]4C[C@H](O)[C@@]3(C)C(=O)[C@H](O)C(=C1C)C2(C)C)[C@@H](C)c1ccccc1. The highest BCUT2D eigenvalue weighted by Gasteiger charge is 2.78. The molecule has 6 rings (SSSR count). The maximum absolute atomic E-state index is 15.2. The number of ketones is 1. The molecule has 2 aromatic rings. The Kier molecular flexibility index (Phi) is 20.3. The van der Waals surface area contributed by atoms with Crippen LogP contribution in [0.3, 0.4) is 0 Å². The summed E-state index contributed by atoms with van der Waals surface area (Å²) < 4.78 is 31.7. The van der Waals surface area contributed by atoms with Crippen LogP contribution in [0, 0.1) is 16.7 Å². The van der Waals surface area contributed by atoms with Gasteiger partial charge in [0.1, 0.15) is 30.0 Å². The van der Waals surface area contributed by atoms with Crippen molar-refractivity contribution in [1.29, 1.82) is 0 Å². The largest absolute Gasteiger partial charge is 0.456 e. The Balaban J connectivity index is 1.19. The molecule has 12 atom stereocenters. The van der Waals surface area contributed by atoms with E-state index >= 15 is 4.79 Å². The molecule has 1 unspecified atom stereocenters. The second-order valence-corrected chi connectivity index (χ2v) is 22.6. The van der Waals surface area contributed by atoms with E-state index in [1.165, 1.54) is 104 Å². The van der Waals surface area contributed by atoms with Gasteiger partial charge in [0.25, 0.3) is 0 Å². The number of rotatable bonds is 27. The fourth-order valence-electron chi connectivity index (χ4n) is 12.8. The zero-order chi connectivity index (χ0) is 52.3. The average molecular weight is 1000 g/mol. The summed E-state index contributed by atoms with van der Waals surface area (Å²) in [5, 5.41) is 38.2. The van der Waals surface area contributed by atoms with Crippen molar-refractivity contribution in [3.8, 4) is 0 Å². The average Bonchev–Trinajstić information content (AvgIpc) is 3.35. The molecule has 1 saturated heterocycles. The van der Waals surface area contributed by atoms with Gasteiger partial charge in [-0.3, -0.25) is 9.59 Å². The number of hydrogen-bond acceptors (Lipinski definition) is 12. The summed E-state index contributed by atoms with van der Waals surface area (Å²) in [5.41, 5.74) is -5.91. The lowest BCUT2D eigenvalue weighted by Gasteiger charge is -2.67. The van der Waals surface area contributed by atoms with Gasteiger partial charge in [0, 0.05) is 31.1 Å². The first-order valence-electron chi connectivity index (χ1n) is 27.7. The number of fused-ring (bicyclic) bond motifs is 5. The van der Waals surface area contributed by atoms with Gasteiger partial charge in [0.2, 0.25) is 0 Å². The predicted molar refractivity (Wildman–Crippen MR) is 277 cm³/mol. The third-order valence-corrected chi connectivity index (χ3v) is 17.3. The lowest BCUT2D eigenvalue weighted by atomic mass is 9.44. The molecule has 0 amide bonds. The lowest BCUT2D eigenvalue weighted by molar-refractivity contribution is -0.346. The molecule has 4 aliphatic rings. The number of aliphatic hydroxyl groups excluding tert-OH is 2. The first kappa shape index (κ1) is 57.3. The standard InChI is InChI=1S/C60H88O12/c1-9-10-11-12-13-14-15-16-17-18-19-20-21-22-23-24-27-32-40(2)69-51(41(3)44-33-28-25-29-34-44)56(66)70-46-38-60(67)54(71-55(65)45-35-30-26-31-36-45)52-58(8,53(64)50(63)49(42(46)4)57(60,6)7)47(62)37-48-59(52,39-68-48)72-43(5)61/h25-26,28-31,33-36,40-41,46-48,50-52,54,62-63,67H,9-24,27,32,37-39H2,1-8H3/t40?,41-,46-,47-,48+,50+,51+,52-,54-,58+,59-,60+/m0/s1. The van der Waals surface area contributed by atoms with Gasteiger partial charge in [-0.05, 0) is 56.0 Å². The van der Waals surface area contributed by atoms with Crippen molar-refractivity contribution >= 4 is 23.7 Å². The third kappa shape index (κ3) is 12.4. The third-order valence-electron chi connectivity index (χ3n) is 17.3. The summed E-state index contributed by atoms with van der Waals surface area (Å²) >= 11 is 0. The number of aliphatic hydroxyl groups is 3. The summed E-state index contributed by atoms with van der Waals surface area (Å²) in [4.78, 5) is 57.4. The summed E-state index contributed by atoms with van der Waals surface area (Å²) in [6.07, 6.45) is 13.5. The molecule has 3 N–H and O–H groups in total.